The fourth-order valence-electron chi connectivity index (χ4n) is 2.81. The van der Waals surface area contributed by atoms with Crippen molar-refractivity contribution in [3.05, 3.63) is 35.4 Å². The van der Waals surface area contributed by atoms with Crippen LogP contribution in [0.15, 0.2) is 24.3 Å². The lowest BCUT2D eigenvalue weighted by molar-refractivity contribution is 0.0880. The molecule has 0 bridgehead atoms. The number of unbranched alkanes of at least 4 members (excludes halogenated alkanes) is 1. The van der Waals surface area contributed by atoms with Crippen molar-refractivity contribution in [2.24, 2.45) is 0 Å². The van der Waals surface area contributed by atoms with Crippen molar-refractivity contribution in [2.45, 2.75) is 19.8 Å². The summed E-state index contributed by atoms with van der Waals surface area (Å²) in [7, 11) is 1.73. The minimum atomic E-state index is -0.379. The number of benzene rings is 2. The third kappa shape index (κ3) is 2.09. The van der Waals surface area contributed by atoms with Gasteiger partial charge in [0, 0.05) is 12.4 Å². The van der Waals surface area contributed by atoms with Gasteiger partial charge in [-0.1, -0.05) is 37.6 Å². The van der Waals surface area contributed by atoms with E-state index in [2.05, 4.69) is 17.6 Å². The summed E-state index contributed by atoms with van der Waals surface area (Å²) in [5.74, 6) is -0.0987. The Morgan fingerprint density at radius 3 is 2.45 bits per heavy atom. The van der Waals surface area contributed by atoms with Crippen molar-refractivity contribution in [1.82, 2.24) is 5.32 Å². The predicted octanol–water partition coefficient (Wildman–Crippen LogP) is 2.94. The molecule has 2 aromatic rings. The molecule has 0 saturated carbocycles. The zero-order valence-corrected chi connectivity index (χ0v) is 12.7. The average Bonchev–Trinajstić information content (AvgIpc) is 2.82. The number of hydrogen-bond donors (Lipinski definition) is 2. The fraction of sp³-hybridized carbons (Fsp3) is 0.294. The Kier molecular flexibility index (Phi) is 3.71. The second-order valence-corrected chi connectivity index (χ2v) is 5.23. The zero-order valence-electron chi connectivity index (χ0n) is 12.7. The Bertz CT molecular complexity index is 768. The van der Waals surface area contributed by atoms with Gasteiger partial charge >= 0.3 is 0 Å². The van der Waals surface area contributed by atoms with E-state index in [4.69, 9.17) is 4.74 Å². The number of rotatable bonds is 5. The first-order valence-corrected chi connectivity index (χ1v) is 7.44. The van der Waals surface area contributed by atoms with Crippen LogP contribution in [0.1, 0.15) is 40.5 Å². The first kappa shape index (κ1) is 14.4. The number of ether oxygens (including phenoxy) is 1. The molecule has 0 aliphatic carbocycles. The molecule has 0 aromatic heterocycles. The van der Waals surface area contributed by atoms with Gasteiger partial charge in [0.1, 0.15) is 0 Å². The number of anilines is 1. The minimum absolute atomic E-state index is 0.354. The van der Waals surface area contributed by atoms with Gasteiger partial charge in [-0.2, -0.15) is 0 Å². The first-order valence-electron chi connectivity index (χ1n) is 7.44. The molecular formula is C17H18N2O3. The summed E-state index contributed by atoms with van der Waals surface area (Å²) in [6, 6.07) is 7.51. The van der Waals surface area contributed by atoms with E-state index in [9.17, 15) is 9.59 Å². The van der Waals surface area contributed by atoms with Crippen LogP contribution in [0.3, 0.4) is 0 Å². The Hall–Kier alpha value is -2.56. The second-order valence-electron chi connectivity index (χ2n) is 5.23. The number of nitrogens with one attached hydrogen (secondary N) is 2. The van der Waals surface area contributed by atoms with Crippen LogP contribution in [0, 0.1) is 0 Å². The van der Waals surface area contributed by atoms with Gasteiger partial charge in [0.25, 0.3) is 11.8 Å². The van der Waals surface area contributed by atoms with E-state index in [0.717, 1.165) is 23.6 Å². The highest BCUT2D eigenvalue weighted by atomic mass is 16.5. The third-order valence-corrected chi connectivity index (χ3v) is 3.84. The number of amides is 2. The summed E-state index contributed by atoms with van der Waals surface area (Å²) in [4.78, 5) is 24.3. The molecule has 1 heterocycles. The summed E-state index contributed by atoms with van der Waals surface area (Å²) in [5, 5.41) is 6.98. The van der Waals surface area contributed by atoms with Crippen LogP contribution in [0.25, 0.3) is 10.8 Å². The summed E-state index contributed by atoms with van der Waals surface area (Å²) in [6.07, 6.45) is 1.95. The summed E-state index contributed by atoms with van der Waals surface area (Å²) in [6.45, 7) is 2.67. The van der Waals surface area contributed by atoms with Gasteiger partial charge in [-0.3, -0.25) is 14.9 Å². The van der Waals surface area contributed by atoms with Crippen molar-refractivity contribution in [3.8, 4) is 5.75 Å². The third-order valence-electron chi connectivity index (χ3n) is 3.84. The molecule has 0 radical (unpaired) electrons. The van der Waals surface area contributed by atoms with E-state index in [1.807, 2.05) is 24.3 Å². The molecule has 0 unspecified atom stereocenters. The van der Waals surface area contributed by atoms with E-state index in [1.54, 1.807) is 7.05 Å². The summed E-state index contributed by atoms with van der Waals surface area (Å²) < 4.78 is 5.94. The predicted molar refractivity (Wildman–Crippen MR) is 85.7 cm³/mol. The highest BCUT2D eigenvalue weighted by molar-refractivity contribution is 6.30. The molecule has 22 heavy (non-hydrogen) atoms. The van der Waals surface area contributed by atoms with Gasteiger partial charge in [-0.25, -0.2) is 0 Å². The minimum Gasteiger partial charge on any atom is -0.491 e. The van der Waals surface area contributed by atoms with Crippen LogP contribution >= 0.6 is 0 Å². The molecule has 2 amide bonds. The Morgan fingerprint density at radius 1 is 1.09 bits per heavy atom. The smallest absolute Gasteiger partial charge is 0.261 e. The topological polar surface area (TPSA) is 67.4 Å². The van der Waals surface area contributed by atoms with Crippen LogP contribution < -0.4 is 15.4 Å². The van der Waals surface area contributed by atoms with E-state index >= 15 is 0 Å². The summed E-state index contributed by atoms with van der Waals surface area (Å²) in [5.41, 5.74) is 1.37. The molecule has 0 saturated heterocycles. The number of carbonyl (C=O) groups is 2. The van der Waals surface area contributed by atoms with Gasteiger partial charge in [-0.15, -0.1) is 0 Å². The molecule has 1 aliphatic heterocycles. The Balaban J connectivity index is 2.29. The van der Waals surface area contributed by atoms with Crippen LogP contribution in [-0.4, -0.2) is 25.5 Å². The van der Waals surface area contributed by atoms with Crippen LogP contribution in [-0.2, 0) is 0 Å². The Morgan fingerprint density at radius 2 is 1.77 bits per heavy atom. The first-order chi connectivity index (χ1) is 10.7. The number of imide groups is 1. The van der Waals surface area contributed by atoms with Crippen LogP contribution in [0.4, 0.5) is 5.69 Å². The van der Waals surface area contributed by atoms with Gasteiger partial charge < -0.3 is 10.1 Å². The van der Waals surface area contributed by atoms with Crippen LogP contribution in [0.5, 0.6) is 5.75 Å². The highest BCUT2D eigenvalue weighted by Crippen LogP contribution is 2.41. The van der Waals surface area contributed by atoms with Gasteiger partial charge in [0.2, 0.25) is 0 Å². The fourth-order valence-corrected chi connectivity index (χ4v) is 2.81. The van der Waals surface area contributed by atoms with Gasteiger partial charge in [-0.05, 0) is 11.8 Å². The summed E-state index contributed by atoms with van der Waals surface area (Å²) >= 11 is 0. The van der Waals surface area contributed by atoms with Crippen molar-refractivity contribution < 1.29 is 14.3 Å². The van der Waals surface area contributed by atoms with E-state index in [-0.39, 0.29) is 11.8 Å². The quantitative estimate of drug-likeness (QED) is 0.658. The maximum absolute atomic E-state index is 12.2. The lowest BCUT2D eigenvalue weighted by Crippen LogP contribution is -2.20. The second kappa shape index (κ2) is 5.67. The maximum atomic E-state index is 12.2. The molecule has 114 valence electrons. The lowest BCUT2D eigenvalue weighted by Gasteiger charge is -2.17. The zero-order chi connectivity index (χ0) is 15.7. The maximum Gasteiger partial charge on any atom is 0.261 e. The number of fused-ring (bicyclic) bond motifs is 3. The molecular weight excluding hydrogens is 280 g/mol. The standard InChI is InChI=1S/C17H18N2O3/c1-3-4-9-22-15-11-8-6-5-7-10(11)12-13(14(15)18-2)17(21)19-16(12)20/h5-8,18H,3-4,9H2,1-2H3,(H,19,20,21). The van der Waals surface area contributed by atoms with Gasteiger partial charge in [0.15, 0.2) is 5.75 Å². The molecule has 2 N–H and O–H groups in total. The Labute approximate surface area is 128 Å². The van der Waals surface area contributed by atoms with Crippen molar-refractivity contribution in [2.75, 3.05) is 19.0 Å². The van der Waals surface area contributed by atoms with Crippen molar-refractivity contribution in [1.29, 1.82) is 0 Å². The van der Waals surface area contributed by atoms with Crippen molar-refractivity contribution in [3.63, 3.8) is 0 Å². The molecule has 3 rings (SSSR count). The molecule has 0 spiro atoms. The van der Waals surface area contributed by atoms with Crippen LogP contribution in [0.2, 0.25) is 0 Å². The lowest BCUT2D eigenvalue weighted by atomic mass is 9.97. The molecule has 1 aliphatic rings. The van der Waals surface area contributed by atoms with E-state index in [1.165, 1.54) is 0 Å². The largest absolute Gasteiger partial charge is 0.491 e. The monoisotopic (exact) mass is 298 g/mol. The normalized spacial score (nSPS) is 13.2. The molecule has 5 nitrogen and oxygen atoms in total. The van der Waals surface area contributed by atoms with Gasteiger partial charge in [0.05, 0.1) is 23.4 Å². The molecule has 0 atom stereocenters. The average molecular weight is 298 g/mol. The SMILES string of the molecule is CCCCOc1c(NC)c2c(c3ccccc13)C(=O)NC2=O. The number of hydrogen-bond acceptors (Lipinski definition) is 4. The highest BCUT2D eigenvalue weighted by Gasteiger charge is 2.34. The van der Waals surface area contributed by atoms with E-state index in [0.29, 0.717) is 29.2 Å². The molecule has 5 heteroatoms. The van der Waals surface area contributed by atoms with E-state index < -0.39 is 0 Å². The van der Waals surface area contributed by atoms with Crippen molar-refractivity contribution >= 4 is 28.3 Å². The number of carbonyl (C=O) groups excluding carboxylic acids is 2. The molecule has 0 fully saturated rings. The molecule has 2 aromatic carbocycles.